The van der Waals surface area contributed by atoms with Crippen molar-refractivity contribution in [3.63, 3.8) is 0 Å². The molecule has 2 saturated heterocycles. The van der Waals surface area contributed by atoms with Crippen LogP contribution in [0.15, 0.2) is 53.4 Å². The number of amides is 1. The Hall–Kier alpha value is -2.42. The second-order valence-electron chi connectivity index (χ2n) is 8.47. The van der Waals surface area contributed by atoms with Gasteiger partial charge in [0.15, 0.2) is 6.61 Å². The van der Waals surface area contributed by atoms with Gasteiger partial charge in [0.2, 0.25) is 10.0 Å². The van der Waals surface area contributed by atoms with E-state index in [0.717, 1.165) is 32.5 Å². The Morgan fingerprint density at radius 2 is 1.62 bits per heavy atom. The van der Waals surface area contributed by atoms with E-state index in [9.17, 15) is 13.2 Å². The predicted molar refractivity (Wildman–Crippen MR) is 123 cm³/mol. The third-order valence-electron chi connectivity index (χ3n) is 6.17. The number of ether oxygens (including phenoxy) is 1. The van der Waals surface area contributed by atoms with E-state index in [4.69, 9.17) is 4.74 Å². The smallest absolute Gasteiger partial charge is 0.260 e. The minimum atomic E-state index is -3.46. The first-order valence-electron chi connectivity index (χ1n) is 11.2. The van der Waals surface area contributed by atoms with Crippen molar-refractivity contribution < 1.29 is 17.9 Å². The second kappa shape index (κ2) is 10.0. The molecule has 2 heterocycles. The summed E-state index contributed by atoms with van der Waals surface area (Å²) < 4.78 is 32.8. The van der Waals surface area contributed by atoms with Crippen LogP contribution >= 0.6 is 0 Å². The van der Waals surface area contributed by atoms with Crippen LogP contribution in [0.1, 0.15) is 24.0 Å². The molecule has 0 N–H and O–H groups in total. The highest BCUT2D eigenvalue weighted by Crippen LogP contribution is 2.26. The molecule has 32 heavy (non-hydrogen) atoms. The van der Waals surface area contributed by atoms with Crippen LogP contribution in [0.5, 0.6) is 5.75 Å². The fourth-order valence-corrected chi connectivity index (χ4v) is 5.85. The summed E-state index contributed by atoms with van der Waals surface area (Å²) in [6.45, 7) is 6.85. The lowest BCUT2D eigenvalue weighted by atomic mass is 10.2. The predicted octanol–water partition coefficient (Wildman–Crippen LogP) is 2.50. The number of hydrogen-bond acceptors (Lipinski definition) is 5. The topological polar surface area (TPSA) is 70.2 Å². The number of aryl methyl sites for hydroxylation is 1. The molecule has 0 atom stereocenters. The van der Waals surface area contributed by atoms with Crippen LogP contribution in [0.25, 0.3) is 0 Å². The Bertz CT molecular complexity index is 1030. The van der Waals surface area contributed by atoms with E-state index in [1.54, 1.807) is 18.2 Å². The average molecular weight is 458 g/mol. The van der Waals surface area contributed by atoms with Crippen molar-refractivity contribution >= 4 is 15.9 Å². The molecule has 1 amide bonds. The molecule has 0 radical (unpaired) electrons. The van der Waals surface area contributed by atoms with Gasteiger partial charge in [-0.1, -0.05) is 30.3 Å². The summed E-state index contributed by atoms with van der Waals surface area (Å²) in [5, 5.41) is 0. The molecule has 2 fully saturated rings. The molecule has 172 valence electrons. The van der Waals surface area contributed by atoms with Crippen LogP contribution in [0.3, 0.4) is 0 Å². The van der Waals surface area contributed by atoms with Crippen LogP contribution in [0.2, 0.25) is 0 Å². The van der Waals surface area contributed by atoms with E-state index in [0.29, 0.717) is 37.5 Å². The van der Waals surface area contributed by atoms with Gasteiger partial charge in [-0.15, -0.1) is 0 Å². The van der Waals surface area contributed by atoms with Gasteiger partial charge in [0.05, 0.1) is 4.90 Å². The minimum absolute atomic E-state index is 0.0439. The minimum Gasteiger partial charge on any atom is -0.483 e. The van der Waals surface area contributed by atoms with Crippen molar-refractivity contribution in [1.82, 2.24) is 14.1 Å². The SMILES string of the molecule is Cc1cc(S(=O)(=O)N2CCCC2)ccc1OCC(=O)N1CCN(Cc2ccccc2)CC1. The normalized spacial score (nSPS) is 18.1. The van der Waals surface area contributed by atoms with Gasteiger partial charge in [-0.2, -0.15) is 4.31 Å². The molecule has 2 aliphatic rings. The number of rotatable bonds is 7. The molecule has 7 nitrogen and oxygen atoms in total. The van der Waals surface area contributed by atoms with E-state index in [1.165, 1.54) is 9.87 Å². The quantitative estimate of drug-likeness (QED) is 0.639. The monoisotopic (exact) mass is 457 g/mol. The summed E-state index contributed by atoms with van der Waals surface area (Å²) in [4.78, 5) is 17.1. The van der Waals surface area contributed by atoms with Gasteiger partial charge in [-0.05, 0) is 49.1 Å². The highest BCUT2D eigenvalue weighted by atomic mass is 32.2. The molecule has 0 saturated carbocycles. The number of carbonyl (C=O) groups is 1. The van der Waals surface area contributed by atoms with Crippen molar-refractivity contribution in [2.45, 2.75) is 31.2 Å². The van der Waals surface area contributed by atoms with Crippen LogP contribution in [-0.2, 0) is 21.4 Å². The largest absolute Gasteiger partial charge is 0.483 e. The molecule has 0 spiro atoms. The maximum Gasteiger partial charge on any atom is 0.260 e. The Labute approximate surface area is 190 Å². The van der Waals surface area contributed by atoms with Crippen LogP contribution < -0.4 is 4.74 Å². The third-order valence-corrected chi connectivity index (χ3v) is 8.07. The maximum atomic E-state index is 12.7. The van der Waals surface area contributed by atoms with Gasteiger partial charge in [-0.3, -0.25) is 9.69 Å². The molecule has 2 aromatic carbocycles. The molecular formula is C24H31N3O4S. The lowest BCUT2D eigenvalue weighted by molar-refractivity contribution is -0.135. The molecular weight excluding hydrogens is 426 g/mol. The van der Waals surface area contributed by atoms with Crippen molar-refractivity contribution in [3.8, 4) is 5.75 Å². The summed E-state index contributed by atoms with van der Waals surface area (Å²) in [6.07, 6.45) is 1.81. The van der Waals surface area contributed by atoms with E-state index in [-0.39, 0.29) is 17.4 Å². The first-order chi connectivity index (χ1) is 15.4. The summed E-state index contributed by atoms with van der Waals surface area (Å²) in [5.41, 5.74) is 1.99. The van der Waals surface area contributed by atoms with Crippen LogP contribution in [0, 0.1) is 6.92 Å². The van der Waals surface area contributed by atoms with Crippen LogP contribution in [0.4, 0.5) is 0 Å². The Balaban J connectivity index is 1.28. The van der Waals surface area contributed by atoms with Crippen molar-refractivity contribution in [2.24, 2.45) is 0 Å². The van der Waals surface area contributed by atoms with E-state index in [1.807, 2.05) is 30.0 Å². The molecule has 0 aliphatic carbocycles. The molecule has 0 unspecified atom stereocenters. The summed E-state index contributed by atoms with van der Waals surface area (Å²) in [6, 6.07) is 15.2. The van der Waals surface area contributed by atoms with Crippen molar-refractivity contribution in [3.05, 3.63) is 59.7 Å². The second-order valence-corrected chi connectivity index (χ2v) is 10.4. The molecule has 4 rings (SSSR count). The molecule has 2 aromatic rings. The Kier molecular flexibility index (Phi) is 7.13. The number of benzene rings is 2. The van der Waals surface area contributed by atoms with Gasteiger partial charge in [0.1, 0.15) is 5.75 Å². The summed E-state index contributed by atoms with van der Waals surface area (Å²) >= 11 is 0. The third kappa shape index (κ3) is 5.31. The van der Waals surface area contributed by atoms with Gasteiger partial charge in [0.25, 0.3) is 5.91 Å². The number of hydrogen-bond donors (Lipinski definition) is 0. The fraction of sp³-hybridized carbons (Fsp3) is 0.458. The lowest BCUT2D eigenvalue weighted by Gasteiger charge is -2.34. The Morgan fingerprint density at radius 1 is 0.938 bits per heavy atom. The van der Waals surface area contributed by atoms with Crippen LogP contribution in [-0.4, -0.2) is 74.3 Å². The Morgan fingerprint density at radius 3 is 2.28 bits per heavy atom. The average Bonchev–Trinajstić information content (AvgIpc) is 3.35. The summed E-state index contributed by atoms with van der Waals surface area (Å²) in [7, 11) is -3.46. The number of carbonyl (C=O) groups excluding carboxylic acids is 1. The molecule has 0 aromatic heterocycles. The first kappa shape index (κ1) is 22.8. The highest BCUT2D eigenvalue weighted by molar-refractivity contribution is 7.89. The zero-order valence-corrected chi connectivity index (χ0v) is 19.4. The van der Waals surface area contributed by atoms with E-state index in [2.05, 4.69) is 17.0 Å². The van der Waals surface area contributed by atoms with Gasteiger partial charge in [-0.25, -0.2) is 8.42 Å². The first-order valence-corrected chi connectivity index (χ1v) is 12.7. The standard InChI is InChI=1S/C24H31N3O4S/c1-20-17-22(32(29,30)27-11-5-6-12-27)9-10-23(20)31-19-24(28)26-15-13-25(14-16-26)18-21-7-3-2-4-8-21/h2-4,7-10,17H,5-6,11-16,18-19H2,1H3. The number of sulfonamides is 1. The van der Waals surface area contributed by atoms with Gasteiger partial charge < -0.3 is 9.64 Å². The zero-order chi connectivity index (χ0) is 22.6. The van der Waals surface area contributed by atoms with E-state index >= 15 is 0 Å². The zero-order valence-electron chi connectivity index (χ0n) is 18.6. The lowest BCUT2D eigenvalue weighted by Crippen LogP contribution is -2.49. The number of piperazine rings is 1. The van der Waals surface area contributed by atoms with Crippen molar-refractivity contribution in [2.75, 3.05) is 45.9 Å². The number of nitrogens with zero attached hydrogens (tertiary/aromatic N) is 3. The fourth-order valence-electron chi connectivity index (χ4n) is 4.25. The van der Waals surface area contributed by atoms with E-state index < -0.39 is 10.0 Å². The molecule has 2 aliphatic heterocycles. The van der Waals surface area contributed by atoms with Gasteiger partial charge >= 0.3 is 0 Å². The maximum absolute atomic E-state index is 12.7. The molecule has 0 bridgehead atoms. The highest BCUT2D eigenvalue weighted by Gasteiger charge is 2.27. The molecule has 8 heteroatoms. The summed E-state index contributed by atoms with van der Waals surface area (Å²) in [5.74, 6) is 0.499. The van der Waals surface area contributed by atoms with Crippen molar-refractivity contribution in [1.29, 1.82) is 0 Å². The van der Waals surface area contributed by atoms with Gasteiger partial charge in [0, 0.05) is 45.8 Å².